The third kappa shape index (κ3) is 3.12. The molecule has 0 spiro atoms. The van der Waals surface area contributed by atoms with Gasteiger partial charge in [0.15, 0.2) is 0 Å². The van der Waals surface area contributed by atoms with Crippen molar-refractivity contribution < 1.29 is 9.53 Å². The third-order valence-corrected chi connectivity index (χ3v) is 4.29. The summed E-state index contributed by atoms with van der Waals surface area (Å²) in [4.78, 5) is 31.3. The van der Waals surface area contributed by atoms with E-state index in [2.05, 4.69) is 4.98 Å². The third-order valence-electron chi connectivity index (χ3n) is 4.29. The standard InChI is InChI=1S/C17H21N3O3/c1-12-11-23-10-9-19(12)16(21)7-8-20-13(2)18-15-6-4-3-5-14(15)17(20)22/h3-6,12H,7-11H2,1-2H3. The number of amides is 1. The highest BCUT2D eigenvalue weighted by molar-refractivity contribution is 5.78. The van der Waals surface area contributed by atoms with E-state index in [0.29, 0.717) is 49.5 Å². The fraction of sp³-hybridized carbons (Fsp3) is 0.471. The second kappa shape index (κ2) is 6.50. The van der Waals surface area contributed by atoms with Crippen LogP contribution in [0.15, 0.2) is 29.1 Å². The number of rotatable bonds is 3. The molecular formula is C17H21N3O3. The molecule has 2 aromatic rings. The van der Waals surface area contributed by atoms with Crippen molar-refractivity contribution in [3.05, 3.63) is 40.4 Å². The molecule has 23 heavy (non-hydrogen) atoms. The molecule has 1 aliphatic heterocycles. The second-order valence-corrected chi connectivity index (χ2v) is 5.89. The van der Waals surface area contributed by atoms with Crippen LogP contribution in [0.2, 0.25) is 0 Å². The molecule has 2 heterocycles. The SMILES string of the molecule is Cc1nc2ccccc2c(=O)n1CCC(=O)N1CCOCC1C. The average Bonchev–Trinajstić information content (AvgIpc) is 2.55. The summed E-state index contributed by atoms with van der Waals surface area (Å²) < 4.78 is 6.94. The molecule has 0 aliphatic carbocycles. The minimum Gasteiger partial charge on any atom is -0.377 e. The summed E-state index contributed by atoms with van der Waals surface area (Å²) in [5.41, 5.74) is 0.607. The Morgan fingerprint density at radius 3 is 2.96 bits per heavy atom. The number of carbonyl (C=O) groups is 1. The summed E-state index contributed by atoms with van der Waals surface area (Å²) in [5, 5.41) is 0.588. The Labute approximate surface area is 134 Å². The van der Waals surface area contributed by atoms with Crippen LogP contribution in [-0.2, 0) is 16.1 Å². The lowest BCUT2D eigenvalue weighted by Gasteiger charge is -2.33. The molecule has 6 nitrogen and oxygen atoms in total. The molecule has 0 radical (unpaired) electrons. The highest BCUT2D eigenvalue weighted by Crippen LogP contribution is 2.10. The molecule has 1 aromatic carbocycles. The van der Waals surface area contributed by atoms with Gasteiger partial charge in [-0.2, -0.15) is 0 Å². The summed E-state index contributed by atoms with van der Waals surface area (Å²) in [6.45, 7) is 5.89. The molecule has 122 valence electrons. The molecule has 1 amide bonds. The number of benzene rings is 1. The van der Waals surface area contributed by atoms with E-state index in [0.717, 1.165) is 0 Å². The lowest BCUT2D eigenvalue weighted by atomic mass is 10.2. The Balaban J connectivity index is 1.79. The number of para-hydroxylation sites is 1. The minimum atomic E-state index is -0.0871. The van der Waals surface area contributed by atoms with Gasteiger partial charge in [-0.05, 0) is 26.0 Å². The zero-order valence-corrected chi connectivity index (χ0v) is 13.5. The van der Waals surface area contributed by atoms with E-state index in [1.165, 1.54) is 0 Å². The quantitative estimate of drug-likeness (QED) is 0.857. The first-order valence-corrected chi connectivity index (χ1v) is 7.91. The van der Waals surface area contributed by atoms with Gasteiger partial charge in [-0.25, -0.2) is 4.98 Å². The van der Waals surface area contributed by atoms with Crippen LogP contribution in [-0.4, -0.2) is 46.2 Å². The van der Waals surface area contributed by atoms with E-state index in [9.17, 15) is 9.59 Å². The predicted molar refractivity (Wildman–Crippen MR) is 87.4 cm³/mol. The monoisotopic (exact) mass is 315 g/mol. The van der Waals surface area contributed by atoms with Gasteiger partial charge in [-0.15, -0.1) is 0 Å². The number of ether oxygens (including phenoxy) is 1. The van der Waals surface area contributed by atoms with Crippen molar-refractivity contribution in [3.8, 4) is 0 Å². The Morgan fingerprint density at radius 2 is 2.17 bits per heavy atom. The number of hydrogen-bond donors (Lipinski definition) is 0. The van der Waals surface area contributed by atoms with Crippen molar-refractivity contribution in [2.75, 3.05) is 19.8 Å². The van der Waals surface area contributed by atoms with Crippen molar-refractivity contribution in [3.63, 3.8) is 0 Å². The van der Waals surface area contributed by atoms with E-state index in [1.54, 1.807) is 17.6 Å². The zero-order chi connectivity index (χ0) is 16.4. The lowest BCUT2D eigenvalue weighted by Crippen LogP contribution is -2.47. The fourth-order valence-corrected chi connectivity index (χ4v) is 2.99. The van der Waals surface area contributed by atoms with Gasteiger partial charge >= 0.3 is 0 Å². The van der Waals surface area contributed by atoms with Gasteiger partial charge in [0.2, 0.25) is 5.91 Å². The topological polar surface area (TPSA) is 64.4 Å². The van der Waals surface area contributed by atoms with Crippen LogP contribution < -0.4 is 5.56 Å². The minimum absolute atomic E-state index is 0.0558. The summed E-state index contributed by atoms with van der Waals surface area (Å²) in [6, 6.07) is 7.37. The number of hydrogen-bond acceptors (Lipinski definition) is 4. The van der Waals surface area contributed by atoms with E-state index < -0.39 is 0 Å². The van der Waals surface area contributed by atoms with Gasteiger partial charge in [0.25, 0.3) is 5.56 Å². The van der Waals surface area contributed by atoms with Crippen LogP contribution in [0.1, 0.15) is 19.2 Å². The van der Waals surface area contributed by atoms with Crippen molar-refractivity contribution in [1.29, 1.82) is 0 Å². The van der Waals surface area contributed by atoms with Crippen molar-refractivity contribution in [2.24, 2.45) is 0 Å². The van der Waals surface area contributed by atoms with Gasteiger partial charge in [0, 0.05) is 19.5 Å². The van der Waals surface area contributed by atoms with Crippen LogP contribution in [0.3, 0.4) is 0 Å². The highest BCUT2D eigenvalue weighted by Gasteiger charge is 2.23. The van der Waals surface area contributed by atoms with Gasteiger partial charge in [0.05, 0.1) is 30.2 Å². The molecule has 1 atom stereocenters. The molecule has 0 bridgehead atoms. The number of aryl methyl sites for hydroxylation is 1. The number of nitrogens with zero attached hydrogens (tertiary/aromatic N) is 3. The van der Waals surface area contributed by atoms with Crippen LogP contribution in [0.25, 0.3) is 10.9 Å². The number of aromatic nitrogens is 2. The average molecular weight is 315 g/mol. The first-order chi connectivity index (χ1) is 11.1. The van der Waals surface area contributed by atoms with Crippen LogP contribution >= 0.6 is 0 Å². The molecule has 1 aromatic heterocycles. The van der Waals surface area contributed by atoms with Gasteiger partial charge in [-0.1, -0.05) is 12.1 Å². The number of carbonyl (C=O) groups excluding carboxylic acids is 1. The summed E-state index contributed by atoms with van der Waals surface area (Å²) in [7, 11) is 0. The van der Waals surface area contributed by atoms with E-state index in [-0.39, 0.29) is 17.5 Å². The maximum absolute atomic E-state index is 12.6. The summed E-state index contributed by atoms with van der Waals surface area (Å²) in [5.74, 6) is 0.691. The molecule has 1 aliphatic rings. The van der Waals surface area contributed by atoms with E-state index >= 15 is 0 Å². The molecule has 0 N–H and O–H groups in total. The molecular weight excluding hydrogens is 294 g/mol. The number of morpholine rings is 1. The largest absolute Gasteiger partial charge is 0.377 e. The Bertz CT molecular complexity index is 784. The Morgan fingerprint density at radius 1 is 1.39 bits per heavy atom. The van der Waals surface area contributed by atoms with Crippen molar-refractivity contribution in [1.82, 2.24) is 14.5 Å². The summed E-state index contributed by atoms with van der Waals surface area (Å²) >= 11 is 0. The zero-order valence-electron chi connectivity index (χ0n) is 13.5. The number of fused-ring (bicyclic) bond motifs is 1. The van der Waals surface area contributed by atoms with Crippen LogP contribution in [0, 0.1) is 6.92 Å². The first kappa shape index (κ1) is 15.7. The van der Waals surface area contributed by atoms with E-state index in [1.807, 2.05) is 30.0 Å². The van der Waals surface area contributed by atoms with Crippen LogP contribution in [0.4, 0.5) is 0 Å². The normalized spacial score (nSPS) is 18.3. The van der Waals surface area contributed by atoms with Gasteiger partial charge < -0.3 is 9.64 Å². The van der Waals surface area contributed by atoms with Gasteiger partial charge in [-0.3, -0.25) is 14.2 Å². The lowest BCUT2D eigenvalue weighted by molar-refractivity contribution is -0.139. The Hall–Kier alpha value is -2.21. The second-order valence-electron chi connectivity index (χ2n) is 5.89. The molecule has 3 rings (SSSR count). The smallest absolute Gasteiger partial charge is 0.261 e. The fourth-order valence-electron chi connectivity index (χ4n) is 2.99. The maximum Gasteiger partial charge on any atom is 0.261 e. The first-order valence-electron chi connectivity index (χ1n) is 7.91. The molecule has 6 heteroatoms. The molecule has 1 unspecified atom stereocenters. The maximum atomic E-state index is 12.6. The molecule has 1 saturated heterocycles. The van der Waals surface area contributed by atoms with Crippen LogP contribution in [0.5, 0.6) is 0 Å². The Kier molecular flexibility index (Phi) is 4.43. The molecule has 0 saturated carbocycles. The van der Waals surface area contributed by atoms with Gasteiger partial charge in [0.1, 0.15) is 5.82 Å². The highest BCUT2D eigenvalue weighted by atomic mass is 16.5. The van der Waals surface area contributed by atoms with E-state index in [4.69, 9.17) is 4.74 Å². The van der Waals surface area contributed by atoms with Crippen molar-refractivity contribution >= 4 is 16.8 Å². The predicted octanol–water partition coefficient (Wildman–Crippen LogP) is 1.34. The molecule has 1 fully saturated rings. The van der Waals surface area contributed by atoms with Crippen molar-refractivity contribution in [2.45, 2.75) is 32.9 Å². The summed E-state index contributed by atoms with van der Waals surface area (Å²) in [6.07, 6.45) is 0.297.